The van der Waals surface area contributed by atoms with Gasteiger partial charge in [0.15, 0.2) is 12.5 Å². The number of fused-ring (bicyclic) bond motifs is 1. The van der Waals surface area contributed by atoms with Crippen molar-refractivity contribution in [2.45, 2.75) is 6.23 Å². The summed E-state index contributed by atoms with van der Waals surface area (Å²) in [7, 11) is 0. The van der Waals surface area contributed by atoms with E-state index in [1.807, 2.05) is 24.3 Å². The molecule has 3 nitrogen and oxygen atoms in total. The van der Waals surface area contributed by atoms with Gasteiger partial charge in [-0.3, -0.25) is 4.79 Å². The molecule has 3 heteroatoms. The first-order valence-electron chi connectivity index (χ1n) is 4.01. The lowest BCUT2D eigenvalue weighted by atomic mass is 10.0. The van der Waals surface area contributed by atoms with Gasteiger partial charge < -0.3 is 10.4 Å². The Morgan fingerprint density at radius 1 is 1.38 bits per heavy atom. The Labute approximate surface area is 75.7 Å². The highest BCUT2D eigenvalue weighted by Gasteiger charge is 2.16. The van der Waals surface area contributed by atoms with Gasteiger partial charge in [-0.2, -0.15) is 0 Å². The van der Waals surface area contributed by atoms with Crippen LogP contribution in [0.4, 0.5) is 5.69 Å². The molecule has 0 saturated carbocycles. The van der Waals surface area contributed by atoms with Crippen LogP contribution in [0.25, 0.3) is 6.08 Å². The maximum atomic E-state index is 10.5. The Bertz CT molecular complexity index is 371. The third kappa shape index (κ3) is 1.34. The van der Waals surface area contributed by atoms with E-state index in [0.717, 1.165) is 11.3 Å². The van der Waals surface area contributed by atoms with E-state index in [1.165, 1.54) is 0 Å². The van der Waals surface area contributed by atoms with E-state index in [0.29, 0.717) is 11.9 Å². The Kier molecular flexibility index (Phi) is 1.87. The number of rotatable bonds is 1. The van der Waals surface area contributed by atoms with Gasteiger partial charge in [-0.25, -0.2) is 0 Å². The molecule has 66 valence electrons. The van der Waals surface area contributed by atoms with Crippen molar-refractivity contribution in [1.29, 1.82) is 0 Å². The molecule has 0 amide bonds. The zero-order chi connectivity index (χ0) is 9.26. The molecule has 1 aliphatic heterocycles. The van der Waals surface area contributed by atoms with E-state index < -0.39 is 6.23 Å². The van der Waals surface area contributed by atoms with Gasteiger partial charge in [0.1, 0.15) is 0 Å². The molecule has 1 unspecified atom stereocenters. The van der Waals surface area contributed by atoms with Crippen molar-refractivity contribution in [1.82, 2.24) is 0 Å². The summed E-state index contributed by atoms with van der Waals surface area (Å²) < 4.78 is 0. The fraction of sp³-hybridized carbons (Fsp3) is 0.100. The monoisotopic (exact) mass is 175 g/mol. The van der Waals surface area contributed by atoms with Crippen LogP contribution < -0.4 is 5.32 Å². The van der Waals surface area contributed by atoms with Gasteiger partial charge >= 0.3 is 0 Å². The molecule has 1 aromatic rings. The average molecular weight is 175 g/mol. The van der Waals surface area contributed by atoms with Crippen LogP contribution in [0.5, 0.6) is 0 Å². The smallest absolute Gasteiger partial charge is 0.154 e. The number of aliphatic hydroxyl groups is 1. The van der Waals surface area contributed by atoms with Crippen LogP contribution in [-0.4, -0.2) is 17.6 Å². The molecule has 0 saturated heterocycles. The zero-order valence-electron chi connectivity index (χ0n) is 6.90. The van der Waals surface area contributed by atoms with Gasteiger partial charge in [0, 0.05) is 11.3 Å². The van der Waals surface area contributed by atoms with Crippen LogP contribution in [0.1, 0.15) is 5.56 Å². The molecule has 0 radical (unpaired) electrons. The third-order valence-electron chi connectivity index (χ3n) is 2.03. The molecular weight excluding hydrogens is 166 g/mol. The number of aldehydes is 1. The molecule has 13 heavy (non-hydrogen) atoms. The number of hydrogen-bond acceptors (Lipinski definition) is 3. The average Bonchev–Trinajstić information content (AvgIpc) is 2.17. The topological polar surface area (TPSA) is 49.3 Å². The molecule has 0 fully saturated rings. The summed E-state index contributed by atoms with van der Waals surface area (Å²) in [5.41, 5.74) is 2.13. The predicted molar refractivity (Wildman–Crippen MR) is 50.1 cm³/mol. The first-order valence-corrected chi connectivity index (χ1v) is 4.01. The molecule has 0 bridgehead atoms. The number of anilines is 1. The maximum absolute atomic E-state index is 10.5. The highest BCUT2D eigenvalue weighted by Crippen LogP contribution is 2.24. The predicted octanol–water partition coefficient (Wildman–Crippen LogP) is 1.01. The van der Waals surface area contributed by atoms with Gasteiger partial charge in [0.05, 0.1) is 0 Å². The second-order valence-corrected chi connectivity index (χ2v) is 2.90. The Morgan fingerprint density at radius 2 is 2.15 bits per heavy atom. The van der Waals surface area contributed by atoms with E-state index in [4.69, 9.17) is 0 Å². The van der Waals surface area contributed by atoms with Crippen molar-refractivity contribution in [2.24, 2.45) is 0 Å². The van der Waals surface area contributed by atoms with Crippen LogP contribution in [0.15, 0.2) is 29.8 Å². The molecule has 1 heterocycles. The SMILES string of the molecule is O=CC1=Cc2ccccc2NC1O. The van der Waals surface area contributed by atoms with Crippen LogP contribution in [-0.2, 0) is 4.79 Å². The minimum atomic E-state index is -0.882. The minimum Gasteiger partial charge on any atom is -0.369 e. The van der Waals surface area contributed by atoms with Crippen LogP contribution in [0.3, 0.4) is 0 Å². The van der Waals surface area contributed by atoms with E-state index >= 15 is 0 Å². The lowest BCUT2D eigenvalue weighted by molar-refractivity contribution is -0.105. The molecule has 1 aliphatic rings. The number of benzene rings is 1. The normalized spacial score (nSPS) is 19.8. The number of para-hydroxylation sites is 1. The summed E-state index contributed by atoms with van der Waals surface area (Å²) in [5.74, 6) is 0. The molecule has 2 N–H and O–H groups in total. The Morgan fingerprint density at radius 3 is 2.92 bits per heavy atom. The van der Waals surface area contributed by atoms with Crippen LogP contribution >= 0.6 is 0 Å². The molecular formula is C10H9NO2. The first-order chi connectivity index (χ1) is 6.31. The van der Waals surface area contributed by atoms with E-state index in [1.54, 1.807) is 6.08 Å². The fourth-order valence-electron chi connectivity index (χ4n) is 1.34. The Hall–Kier alpha value is -1.61. The number of aliphatic hydroxyl groups excluding tert-OH is 1. The summed E-state index contributed by atoms with van der Waals surface area (Å²) in [5, 5.41) is 12.2. The summed E-state index contributed by atoms with van der Waals surface area (Å²) >= 11 is 0. The summed E-state index contributed by atoms with van der Waals surface area (Å²) in [6, 6.07) is 7.50. The van der Waals surface area contributed by atoms with Crippen molar-refractivity contribution < 1.29 is 9.90 Å². The van der Waals surface area contributed by atoms with Gasteiger partial charge in [-0.05, 0) is 17.7 Å². The number of hydrogen-bond donors (Lipinski definition) is 2. The molecule has 0 aromatic heterocycles. The molecule has 0 spiro atoms. The first kappa shape index (κ1) is 8.01. The van der Waals surface area contributed by atoms with Crippen molar-refractivity contribution in [2.75, 3.05) is 5.32 Å². The van der Waals surface area contributed by atoms with Crippen LogP contribution in [0.2, 0.25) is 0 Å². The zero-order valence-corrected chi connectivity index (χ0v) is 6.90. The number of nitrogens with one attached hydrogen (secondary N) is 1. The largest absolute Gasteiger partial charge is 0.369 e. The standard InChI is InChI=1S/C10H9NO2/c12-6-8-5-7-3-1-2-4-9(7)11-10(8)13/h1-6,10-11,13H. The molecule has 0 aliphatic carbocycles. The van der Waals surface area contributed by atoms with Crippen molar-refractivity contribution in [3.05, 3.63) is 35.4 Å². The lowest BCUT2D eigenvalue weighted by Crippen LogP contribution is -2.25. The second kappa shape index (κ2) is 3.03. The maximum Gasteiger partial charge on any atom is 0.154 e. The number of carbonyl (C=O) groups is 1. The molecule has 1 aromatic carbocycles. The minimum absolute atomic E-state index is 0.360. The van der Waals surface area contributed by atoms with Gasteiger partial charge in [-0.1, -0.05) is 18.2 Å². The second-order valence-electron chi connectivity index (χ2n) is 2.90. The van der Waals surface area contributed by atoms with Crippen molar-refractivity contribution >= 4 is 18.0 Å². The van der Waals surface area contributed by atoms with E-state index in [9.17, 15) is 9.90 Å². The highest BCUT2D eigenvalue weighted by atomic mass is 16.3. The quantitative estimate of drug-likeness (QED) is 0.626. The Balaban J connectivity index is 2.49. The van der Waals surface area contributed by atoms with Crippen molar-refractivity contribution in [3.8, 4) is 0 Å². The number of carbonyl (C=O) groups excluding carboxylic acids is 1. The summed E-state index contributed by atoms with van der Waals surface area (Å²) in [4.78, 5) is 10.5. The highest BCUT2D eigenvalue weighted by molar-refractivity contribution is 5.88. The molecule has 2 rings (SSSR count). The van der Waals surface area contributed by atoms with E-state index in [-0.39, 0.29) is 0 Å². The van der Waals surface area contributed by atoms with Gasteiger partial charge in [0.2, 0.25) is 0 Å². The van der Waals surface area contributed by atoms with Crippen molar-refractivity contribution in [3.63, 3.8) is 0 Å². The van der Waals surface area contributed by atoms with E-state index in [2.05, 4.69) is 5.32 Å². The lowest BCUT2D eigenvalue weighted by Gasteiger charge is -2.20. The summed E-state index contributed by atoms with van der Waals surface area (Å²) in [6.45, 7) is 0. The third-order valence-corrected chi connectivity index (χ3v) is 2.03. The molecule has 1 atom stereocenters. The fourth-order valence-corrected chi connectivity index (χ4v) is 1.34. The summed E-state index contributed by atoms with van der Waals surface area (Å²) in [6.07, 6.45) is 1.46. The van der Waals surface area contributed by atoms with Crippen LogP contribution in [0, 0.1) is 0 Å². The van der Waals surface area contributed by atoms with Gasteiger partial charge in [0.25, 0.3) is 0 Å². The van der Waals surface area contributed by atoms with Gasteiger partial charge in [-0.15, -0.1) is 0 Å².